The number of rotatable bonds is 3. The zero-order valence-corrected chi connectivity index (χ0v) is 15.8. The lowest BCUT2D eigenvalue weighted by Crippen LogP contribution is -2.49. The molecule has 3 heterocycles. The fourth-order valence-electron chi connectivity index (χ4n) is 3.59. The molecule has 29 heavy (non-hydrogen) atoms. The van der Waals surface area contributed by atoms with Gasteiger partial charge in [-0.2, -0.15) is 0 Å². The van der Waals surface area contributed by atoms with Gasteiger partial charge in [0, 0.05) is 50.7 Å². The van der Waals surface area contributed by atoms with E-state index in [1.807, 2.05) is 4.90 Å². The van der Waals surface area contributed by atoms with E-state index >= 15 is 0 Å². The zero-order chi connectivity index (χ0) is 20.5. The number of phenolic OH excluding ortho intramolecular Hbond substituents is 2. The van der Waals surface area contributed by atoms with Gasteiger partial charge in [0.05, 0.1) is 17.4 Å². The van der Waals surface area contributed by atoms with Crippen LogP contribution >= 0.6 is 0 Å². The molecule has 1 amide bonds. The molecule has 0 radical (unpaired) electrons. The summed E-state index contributed by atoms with van der Waals surface area (Å²) in [5.41, 5.74) is 0.109. The third kappa shape index (κ3) is 3.58. The lowest BCUT2D eigenvalue weighted by molar-refractivity contribution is -0.130. The number of fused-ring (bicyclic) bond motifs is 1. The second kappa shape index (κ2) is 7.42. The standard InChI is InChI=1S/C20H20N4O5/c1-12-14(19(28)29-16-10-13(25)9-15(26)18(12)16)11-17(27)23-5-7-24(8-6-23)20-21-3-2-4-22-20/h2-4,9-10,25-26H,5-8,11H2,1H3. The maximum Gasteiger partial charge on any atom is 0.340 e. The zero-order valence-electron chi connectivity index (χ0n) is 15.8. The summed E-state index contributed by atoms with van der Waals surface area (Å²) in [5.74, 6) is 0.0315. The largest absolute Gasteiger partial charge is 0.508 e. The number of piperazine rings is 1. The molecule has 0 aliphatic carbocycles. The minimum atomic E-state index is -0.648. The Morgan fingerprint density at radius 3 is 2.52 bits per heavy atom. The summed E-state index contributed by atoms with van der Waals surface area (Å²) >= 11 is 0. The number of aromatic nitrogens is 2. The van der Waals surface area contributed by atoms with Crippen LogP contribution in [0, 0.1) is 6.92 Å². The van der Waals surface area contributed by atoms with Crippen LogP contribution in [0.1, 0.15) is 11.1 Å². The van der Waals surface area contributed by atoms with Crippen LogP contribution in [-0.2, 0) is 11.2 Å². The number of anilines is 1. The first kappa shape index (κ1) is 18.7. The van der Waals surface area contributed by atoms with Crippen LogP contribution in [0.15, 0.2) is 39.8 Å². The van der Waals surface area contributed by atoms with Crippen molar-refractivity contribution < 1.29 is 19.4 Å². The third-order valence-electron chi connectivity index (χ3n) is 5.14. The van der Waals surface area contributed by atoms with Gasteiger partial charge in [-0.1, -0.05) is 0 Å². The van der Waals surface area contributed by atoms with Crippen molar-refractivity contribution in [3.8, 4) is 11.5 Å². The number of carbonyl (C=O) groups is 1. The van der Waals surface area contributed by atoms with Gasteiger partial charge >= 0.3 is 5.63 Å². The molecule has 150 valence electrons. The number of aromatic hydroxyl groups is 2. The monoisotopic (exact) mass is 396 g/mol. The molecule has 3 aromatic rings. The third-order valence-corrected chi connectivity index (χ3v) is 5.14. The molecule has 0 bridgehead atoms. The maximum atomic E-state index is 12.8. The lowest BCUT2D eigenvalue weighted by atomic mass is 10.0. The molecule has 0 spiro atoms. The van der Waals surface area contributed by atoms with Crippen molar-refractivity contribution in [3.63, 3.8) is 0 Å². The average molecular weight is 396 g/mol. The molecule has 0 unspecified atom stereocenters. The molecule has 1 aromatic carbocycles. The highest BCUT2D eigenvalue weighted by Crippen LogP contribution is 2.32. The smallest absolute Gasteiger partial charge is 0.340 e. The van der Waals surface area contributed by atoms with E-state index in [9.17, 15) is 19.8 Å². The predicted molar refractivity (Wildman–Crippen MR) is 105 cm³/mol. The highest BCUT2D eigenvalue weighted by molar-refractivity contribution is 5.90. The summed E-state index contributed by atoms with van der Waals surface area (Å²) in [5, 5.41) is 20.0. The Kier molecular flexibility index (Phi) is 4.79. The Labute approximate surface area is 165 Å². The fourth-order valence-corrected chi connectivity index (χ4v) is 3.59. The molecule has 9 heteroatoms. The summed E-state index contributed by atoms with van der Waals surface area (Å²) in [4.78, 5) is 37.3. The van der Waals surface area contributed by atoms with E-state index in [1.165, 1.54) is 12.1 Å². The van der Waals surface area contributed by atoms with Crippen LogP contribution in [0.2, 0.25) is 0 Å². The minimum Gasteiger partial charge on any atom is -0.508 e. The summed E-state index contributed by atoms with van der Waals surface area (Å²) in [6, 6.07) is 4.19. The molecule has 0 saturated carbocycles. The van der Waals surface area contributed by atoms with E-state index in [2.05, 4.69) is 9.97 Å². The molecular weight excluding hydrogens is 376 g/mol. The molecule has 1 aliphatic rings. The van der Waals surface area contributed by atoms with Crippen molar-refractivity contribution >= 4 is 22.8 Å². The molecule has 1 aliphatic heterocycles. The quantitative estimate of drug-likeness (QED) is 0.634. The van der Waals surface area contributed by atoms with E-state index in [0.29, 0.717) is 43.1 Å². The topological polar surface area (TPSA) is 120 Å². The van der Waals surface area contributed by atoms with Gasteiger partial charge in [0.25, 0.3) is 0 Å². The van der Waals surface area contributed by atoms with Crippen molar-refractivity contribution in [3.05, 3.63) is 52.1 Å². The van der Waals surface area contributed by atoms with Crippen LogP contribution < -0.4 is 10.5 Å². The van der Waals surface area contributed by atoms with E-state index < -0.39 is 5.63 Å². The second-order valence-electron chi connectivity index (χ2n) is 6.92. The molecule has 1 fully saturated rings. The predicted octanol–water partition coefficient (Wildman–Crippen LogP) is 1.19. The molecule has 4 rings (SSSR count). The Hall–Kier alpha value is -3.62. The van der Waals surface area contributed by atoms with Gasteiger partial charge in [-0.25, -0.2) is 14.8 Å². The van der Waals surface area contributed by atoms with Gasteiger partial charge in [0.1, 0.15) is 17.1 Å². The molecule has 1 saturated heterocycles. The number of hydrogen-bond acceptors (Lipinski definition) is 8. The average Bonchev–Trinajstić information content (AvgIpc) is 2.71. The Bertz CT molecular complexity index is 1120. The normalized spacial score (nSPS) is 14.4. The van der Waals surface area contributed by atoms with Crippen LogP contribution in [0.5, 0.6) is 11.5 Å². The van der Waals surface area contributed by atoms with Gasteiger partial charge in [-0.3, -0.25) is 4.79 Å². The molecule has 9 nitrogen and oxygen atoms in total. The highest BCUT2D eigenvalue weighted by Gasteiger charge is 2.25. The van der Waals surface area contributed by atoms with Crippen molar-refractivity contribution in [1.29, 1.82) is 0 Å². The van der Waals surface area contributed by atoms with Gasteiger partial charge in [0.2, 0.25) is 11.9 Å². The van der Waals surface area contributed by atoms with Gasteiger partial charge < -0.3 is 24.4 Å². The number of carbonyl (C=O) groups excluding carboxylic acids is 1. The fraction of sp³-hybridized carbons (Fsp3) is 0.300. The SMILES string of the molecule is Cc1c(CC(=O)N2CCN(c3ncccn3)CC2)c(=O)oc2cc(O)cc(O)c12. The number of aryl methyl sites for hydroxylation is 1. The summed E-state index contributed by atoms with van der Waals surface area (Å²) in [6.07, 6.45) is 3.24. The first-order valence-corrected chi connectivity index (χ1v) is 9.22. The van der Waals surface area contributed by atoms with Crippen LogP contribution in [0.3, 0.4) is 0 Å². The van der Waals surface area contributed by atoms with Crippen LogP contribution in [0.4, 0.5) is 5.95 Å². The van der Waals surface area contributed by atoms with Crippen molar-refractivity contribution in [1.82, 2.24) is 14.9 Å². The summed E-state index contributed by atoms with van der Waals surface area (Å²) in [7, 11) is 0. The number of hydrogen-bond donors (Lipinski definition) is 2. The molecular formula is C20H20N4O5. The van der Waals surface area contributed by atoms with Gasteiger partial charge in [0.15, 0.2) is 0 Å². The Morgan fingerprint density at radius 2 is 1.83 bits per heavy atom. The summed E-state index contributed by atoms with van der Waals surface area (Å²) in [6.45, 7) is 3.84. The molecule has 2 N–H and O–H groups in total. The Balaban J connectivity index is 1.52. The number of benzene rings is 1. The first-order valence-electron chi connectivity index (χ1n) is 9.22. The van der Waals surface area contributed by atoms with E-state index in [1.54, 1.807) is 30.3 Å². The van der Waals surface area contributed by atoms with Crippen molar-refractivity contribution in [2.45, 2.75) is 13.3 Å². The highest BCUT2D eigenvalue weighted by atomic mass is 16.4. The van der Waals surface area contributed by atoms with E-state index in [0.717, 1.165) is 0 Å². The number of amides is 1. The van der Waals surface area contributed by atoms with Gasteiger partial charge in [-0.15, -0.1) is 0 Å². The number of nitrogens with zero attached hydrogens (tertiary/aromatic N) is 4. The second-order valence-corrected chi connectivity index (χ2v) is 6.92. The van der Waals surface area contributed by atoms with E-state index in [4.69, 9.17) is 4.42 Å². The summed E-state index contributed by atoms with van der Waals surface area (Å²) < 4.78 is 5.23. The lowest BCUT2D eigenvalue weighted by Gasteiger charge is -2.34. The first-order chi connectivity index (χ1) is 13.9. The molecule has 2 aromatic heterocycles. The van der Waals surface area contributed by atoms with Crippen LogP contribution in [0.25, 0.3) is 11.0 Å². The number of phenols is 2. The van der Waals surface area contributed by atoms with E-state index in [-0.39, 0.29) is 35.0 Å². The van der Waals surface area contributed by atoms with Gasteiger partial charge in [-0.05, 0) is 18.6 Å². The Morgan fingerprint density at radius 1 is 1.14 bits per heavy atom. The van der Waals surface area contributed by atoms with Crippen molar-refractivity contribution in [2.75, 3.05) is 31.1 Å². The maximum absolute atomic E-state index is 12.8. The van der Waals surface area contributed by atoms with Crippen LogP contribution in [-0.4, -0.2) is 57.2 Å². The molecule has 0 atom stereocenters. The van der Waals surface area contributed by atoms with Crippen molar-refractivity contribution in [2.24, 2.45) is 0 Å². The minimum absolute atomic E-state index is 0.0812.